The maximum atomic E-state index is 11.7. The van der Waals surface area contributed by atoms with Crippen LogP contribution < -0.4 is 10.6 Å². The van der Waals surface area contributed by atoms with Crippen LogP contribution in [0.2, 0.25) is 0 Å². The van der Waals surface area contributed by atoms with Crippen molar-refractivity contribution in [2.24, 2.45) is 4.99 Å². The Morgan fingerprint density at radius 2 is 2.04 bits per heavy atom. The number of nitrogens with zero attached hydrogens (tertiary/aromatic N) is 2. The summed E-state index contributed by atoms with van der Waals surface area (Å²) in [4.78, 5) is 17.9. The number of carbonyl (C=O) groups excluding carboxylic acids is 1. The average Bonchev–Trinajstić information content (AvgIpc) is 2.56. The zero-order valence-corrected chi connectivity index (χ0v) is 18.0. The van der Waals surface area contributed by atoms with Crippen LogP contribution in [0.4, 0.5) is 0 Å². The van der Waals surface area contributed by atoms with Crippen LogP contribution in [0.5, 0.6) is 0 Å². The lowest BCUT2D eigenvalue weighted by atomic mass is 10.1. The van der Waals surface area contributed by atoms with Gasteiger partial charge in [0.2, 0.25) is 5.91 Å². The fraction of sp³-hybridized carbons (Fsp3) is 0.556. The van der Waals surface area contributed by atoms with Crippen molar-refractivity contribution in [3.8, 4) is 0 Å². The van der Waals surface area contributed by atoms with E-state index < -0.39 is 0 Å². The lowest BCUT2D eigenvalue weighted by Gasteiger charge is -2.15. The van der Waals surface area contributed by atoms with Gasteiger partial charge in [0.25, 0.3) is 0 Å². The van der Waals surface area contributed by atoms with Gasteiger partial charge in [0.15, 0.2) is 5.96 Å². The number of nitrogens with one attached hydrogen (secondary N) is 2. The summed E-state index contributed by atoms with van der Waals surface area (Å²) in [5.41, 5.74) is 2.36. The molecule has 0 heterocycles. The summed E-state index contributed by atoms with van der Waals surface area (Å²) >= 11 is 0. The number of hydrogen-bond acceptors (Lipinski definition) is 3. The second kappa shape index (κ2) is 13.9. The molecule has 2 N–H and O–H groups in total. The first-order valence-electron chi connectivity index (χ1n) is 8.38. The number of benzene rings is 1. The summed E-state index contributed by atoms with van der Waals surface area (Å²) in [6.07, 6.45) is 0.889. The topological polar surface area (TPSA) is 66.0 Å². The van der Waals surface area contributed by atoms with Crippen LogP contribution in [0.15, 0.2) is 29.3 Å². The fourth-order valence-electron chi connectivity index (χ4n) is 2.00. The largest absolute Gasteiger partial charge is 0.382 e. The molecule has 0 bridgehead atoms. The first-order valence-corrected chi connectivity index (χ1v) is 8.38. The van der Waals surface area contributed by atoms with Crippen LogP contribution >= 0.6 is 24.0 Å². The lowest BCUT2D eigenvalue weighted by Crippen LogP contribution is -2.43. The van der Waals surface area contributed by atoms with E-state index in [1.165, 1.54) is 5.56 Å². The minimum atomic E-state index is 0. The molecule has 0 aliphatic rings. The van der Waals surface area contributed by atoms with E-state index in [9.17, 15) is 4.79 Å². The van der Waals surface area contributed by atoms with Gasteiger partial charge in [0.05, 0.1) is 13.1 Å². The molecule has 0 unspecified atom stereocenters. The smallest absolute Gasteiger partial charge is 0.241 e. The summed E-state index contributed by atoms with van der Waals surface area (Å²) in [6, 6.07) is 8.25. The highest BCUT2D eigenvalue weighted by molar-refractivity contribution is 14.0. The molecule has 0 aliphatic carbocycles. The number of hydrogen-bond donors (Lipinski definition) is 2. The van der Waals surface area contributed by atoms with Crippen LogP contribution in [-0.2, 0) is 16.1 Å². The third-order valence-electron chi connectivity index (χ3n) is 3.37. The second-order valence-corrected chi connectivity index (χ2v) is 5.77. The summed E-state index contributed by atoms with van der Waals surface area (Å²) in [7, 11) is 3.48. The molecule has 0 fully saturated rings. The van der Waals surface area contributed by atoms with Crippen molar-refractivity contribution >= 4 is 35.8 Å². The first kappa shape index (κ1) is 23.6. The third kappa shape index (κ3) is 11.0. The number of rotatable bonds is 9. The molecule has 0 aliphatic heterocycles. The van der Waals surface area contributed by atoms with Crippen molar-refractivity contribution in [1.82, 2.24) is 15.5 Å². The molecule has 1 aromatic carbocycles. The summed E-state index contributed by atoms with van der Waals surface area (Å²) in [5.74, 6) is 0.651. The van der Waals surface area contributed by atoms with E-state index in [-0.39, 0.29) is 36.4 Å². The number of halogens is 1. The van der Waals surface area contributed by atoms with Gasteiger partial charge in [0.1, 0.15) is 0 Å². The number of guanidine groups is 1. The number of likely N-dealkylation sites (N-methyl/N-ethyl adjacent to an activating group) is 1. The Morgan fingerprint density at radius 1 is 1.28 bits per heavy atom. The minimum absolute atomic E-state index is 0. The van der Waals surface area contributed by atoms with Gasteiger partial charge >= 0.3 is 0 Å². The Labute approximate surface area is 168 Å². The molecule has 25 heavy (non-hydrogen) atoms. The van der Waals surface area contributed by atoms with Crippen LogP contribution in [0.3, 0.4) is 0 Å². The Hall–Kier alpha value is -1.35. The Balaban J connectivity index is 0.00000576. The highest BCUT2D eigenvalue weighted by Crippen LogP contribution is 2.04. The minimum Gasteiger partial charge on any atom is -0.382 e. The van der Waals surface area contributed by atoms with Gasteiger partial charge in [-0.2, -0.15) is 0 Å². The van der Waals surface area contributed by atoms with Crippen molar-refractivity contribution in [1.29, 1.82) is 0 Å². The normalized spacial score (nSPS) is 10.8. The maximum absolute atomic E-state index is 11.7. The molecule has 0 spiro atoms. The fourth-order valence-corrected chi connectivity index (χ4v) is 2.00. The second-order valence-electron chi connectivity index (χ2n) is 5.77. The molecule has 0 aromatic heterocycles. The number of carbonyl (C=O) groups is 1. The predicted molar refractivity (Wildman–Crippen MR) is 114 cm³/mol. The van der Waals surface area contributed by atoms with Crippen LogP contribution in [0, 0.1) is 6.92 Å². The van der Waals surface area contributed by atoms with Crippen LogP contribution in [0.1, 0.15) is 24.5 Å². The molecule has 1 amide bonds. The molecule has 0 radical (unpaired) electrons. The van der Waals surface area contributed by atoms with Gasteiger partial charge in [-0.3, -0.25) is 4.79 Å². The monoisotopic (exact) mass is 462 g/mol. The average molecular weight is 462 g/mol. The predicted octanol–water partition coefficient (Wildman–Crippen LogP) is 2.16. The van der Waals surface area contributed by atoms with Gasteiger partial charge in [-0.05, 0) is 25.8 Å². The van der Waals surface area contributed by atoms with Crippen LogP contribution in [-0.4, -0.2) is 57.2 Å². The number of amides is 1. The third-order valence-corrected chi connectivity index (χ3v) is 3.37. The van der Waals surface area contributed by atoms with Crippen LogP contribution in [0.25, 0.3) is 0 Å². The molecule has 1 rings (SSSR count). The summed E-state index contributed by atoms with van der Waals surface area (Å²) < 4.78 is 5.33. The van der Waals surface area contributed by atoms with Crippen molar-refractivity contribution < 1.29 is 9.53 Å². The van der Waals surface area contributed by atoms with E-state index in [0.29, 0.717) is 19.1 Å². The first-order chi connectivity index (χ1) is 11.5. The molecule has 6 nitrogen and oxygen atoms in total. The van der Waals surface area contributed by atoms with Crippen molar-refractivity contribution in [3.63, 3.8) is 0 Å². The van der Waals surface area contributed by atoms with E-state index in [2.05, 4.69) is 34.7 Å². The number of aliphatic imine (C=N–C) groups is 1. The molecule has 1 aromatic rings. The molecular formula is C18H31IN4O2. The molecule has 0 saturated carbocycles. The highest BCUT2D eigenvalue weighted by Gasteiger charge is 2.05. The van der Waals surface area contributed by atoms with E-state index in [1.54, 1.807) is 19.0 Å². The zero-order valence-electron chi connectivity index (χ0n) is 15.7. The van der Waals surface area contributed by atoms with Gasteiger partial charge in [-0.25, -0.2) is 4.99 Å². The number of aryl methyl sites for hydroxylation is 1. The lowest BCUT2D eigenvalue weighted by molar-refractivity contribution is -0.127. The van der Waals surface area contributed by atoms with Crippen molar-refractivity contribution in [2.45, 2.75) is 26.8 Å². The molecular weight excluding hydrogens is 431 g/mol. The molecule has 142 valence electrons. The Bertz CT molecular complexity index is 536. The number of ether oxygens (including phenoxy) is 1. The molecule has 0 saturated heterocycles. The molecule has 7 heteroatoms. The van der Waals surface area contributed by atoms with Gasteiger partial charge in [-0.1, -0.05) is 29.8 Å². The highest BCUT2D eigenvalue weighted by atomic mass is 127. The molecule has 0 atom stereocenters. The van der Waals surface area contributed by atoms with E-state index in [1.807, 2.05) is 19.1 Å². The van der Waals surface area contributed by atoms with Crippen molar-refractivity contribution in [2.75, 3.05) is 40.4 Å². The van der Waals surface area contributed by atoms with Gasteiger partial charge < -0.3 is 20.3 Å². The van der Waals surface area contributed by atoms with E-state index >= 15 is 0 Å². The summed E-state index contributed by atoms with van der Waals surface area (Å²) in [6.45, 7) is 7.02. The zero-order chi connectivity index (χ0) is 17.8. The maximum Gasteiger partial charge on any atom is 0.241 e. The Morgan fingerprint density at radius 3 is 2.68 bits per heavy atom. The van der Waals surface area contributed by atoms with Gasteiger partial charge in [-0.15, -0.1) is 24.0 Å². The van der Waals surface area contributed by atoms with Crippen molar-refractivity contribution in [3.05, 3.63) is 35.4 Å². The van der Waals surface area contributed by atoms with Gasteiger partial charge in [0, 0.05) is 33.9 Å². The van der Waals surface area contributed by atoms with E-state index in [0.717, 1.165) is 25.1 Å². The van der Waals surface area contributed by atoms with E-state index in [4.69, 9.17) is 4.74 Å². The summed E-state index contributed by atoms with van der Waals surface area (Å²) in [5, 5.41) is 6.33. The SMILES string of the molecule is CCOCCCNC(=NCc1cccc(C)c1)NCC(=O)N(C)C.I. The standard InChI is InChI=1S/C18H30N4O2.HI/c1-5-24-11-7-10-19-18(21-14-17(23)22(3)4)20-13-16-9-6-8-15(2)12-16;/h6,8-9,12H,5,7,10-11,13-14H2,1-4H3,(H2,19,20,21);1H. The Kier molecular flexibility index (Phi) is 13.1. The quantitative estimate of drug-likeness (QED) is 0.256.